The first-order valence-electron chi connectivity index (χ1n) is 13.3. The number of nitrogens with one attached hydrogen (secondary N) is 1. The number of hydrogen-bond acceptors (Lipinski definition) is 5. The van der Waals surface area contributed by atoms with Crippen molar-refractivity contribution in [3.05, 3.63) is 106 Å². The van der Waals surface area contributed by atoms with Crippen LogP contribution in [0, 0.1) is 10.1 Å². The number of para-hydroxylation sites is 1. The minimum absolute atomic E-state index is 0.136. The summed E-state index contributed by atoms with van der Waals surface area (Å²) in [6, 6.07) is 21.4. The van der Waals surface area contributed by atoms with Gasteiger partial charge >= 0.3 is 0 Å². The van der Waals surface area contributed by atoms with E-state index >= 15 is 0 Å². The lowest BCUT2D eigenvalue weighted by atomic mass is 10.1. The van der Waals surface area contributed by atoms with Crippen molar-refractivity contribution in [3.8, 4) is 0 Å². The SMILES string of the molecule is CC(C)N(CC(=O)N(CCc1c[nH]c2ccccc12)Cc1ccc(N(C)C)cc1)C(=O)c1cccc([N+](=O)[O-])c1. The molecule has 0 fully saturated rings. The molecular weight excluding hydrogens is 506 g/mol. The molecule has 0 saturated heterocycles. The van der Waals surface area contributed by atoms with E-state index in [0.29, 0.717) is 19.5 Å². The molecule has 9 heteroatoms. The average Bonchev–Trinajstić information content (AvgIpc) is 3.36. The highest BCUT2D eigenvalue weighted by Crippen LogP contribution is 2.21. The second kappa shape index (κ2) is 12.5. The first-order chi connectivity index (χ1) is 19.1. The van der Waals surface area contributed by atoms with E-state index in [1.807, 2.05) is 81.5 Å². The average molecular weight is 542 g/mol. The topological polar surface area (TPSA) is 103 Å². The van der Waals surface area contributed by atoms with Gasteiger partial charge in [-0.1, -0.05) is 36.4 Å². The van der Waals surface area contributed by atoms with Gasteiger partial charge in [-0.15, -0.1) is 0 Å². The Labute approximate surface area is 234 Å². The number of carbonyl (C=O) groups is 2. The first kappa shape index (κ1) is 28.4. The molecule has 0 radical (unpaired) electrons. The smallest absolute Gasteiger partial charge is 0.270 e. The normalized spacial score (nSPS) is 11.0. The van der Waals surface area contributed by atoms with Gasteiger partial charge in [0, 0.05) is 73.7 Å². The van der Waals surface area contributed by atoms with E-state index in [4.69, 9.17) is 0 Å². The van der Waals surface area contributed by atoms with Crippen LogP contribution in [0.3, 0.4) is 0 Å². The van der Waals surface area contributed by atoms with E-state index in [1.165, 1.54) is 29.2 Å². The summed E-state index contributed by atoms with van der Waals surface area (Å²) in [5, 5.41) is 12.4. The second-order valence-electron chi connectivity index (χ2n) is 10.3. The number of rotatable bonds is 11. The highest BCUT2D eigenvalue weighted by atomic mass is 16.6. The number of nitrogens with zero attached hydrogens (tertiary/aromatic N) is 4. The number of amides is 2. The standard InChI is InChI=1S/C31H35N5O4/c1-22(2)35(31(38)24-8-7-9-27(18-24)36(39)40)21-30(37)34(20-23-12-14-26(15-13-23)33(3)4)17-16-25-19-32-29-11-6-5-10-28(25)29/h5-15,18-19,22,32H,16-17,20-21H2,1-4H3. The lowest BCUT2D eigenvalue weighted by Gasteiger charge is -2.30. The van der Waals surface area contributed by atoms with Crippen LogP contribution in [-0.2, 0) is 17.8 Å². The summed E-state index contributed by atoms with van der Waals surface area (Å²) >= 11 is 0. The fourth-order valence-electron chi connectivity index (χ4n) is 4.66. The third-order valence-corrected chi connectivity index (χ3v) is 7.00. The van der Waals surface area contributed by atoms with Crippen molar-refractivity contribution in [3.63, 3.8) is 0 Å². The van der Waals surface area contributed by atoms with Crippen LogP contribution in [0.4, 0.5) is 11.4 Å². The molecule has 0 atom stereocenters. The Morgan fingerprint density at radius 3 is 2.38 bits per heavy atom. The summed E-state index contributed by atoms with van der Waals surface area (Å²) in [7, 11) is 3.95. The Morgan fingerprint density at radius 2 is 1.70 bits per heavy atom. The van der Waals surface area contributed by atoms with E-state index in [9.17, 15) is 19.7 Å². The highest BCUT2D eigenvalue weighted by Gasteiger charge is 2.26. The van der Waals surface area contributed by atoms with Crippen molar-refractivity contribution in [1.82, 2.24) is 14.8 Å². The molecule has 1 heterocycles. The molecule has 40 heavy (non-hydrogen) atoms. The molecule has 0 bridgehead atoms. The molecule has 4 aromatic rings. The van der Waals surface area contributed by atoms with Crippen molar-refractivity contribution >= 4 is 34.1 Å². The molecule has 1 aromatic heterocycles. The van der Waals surface area contributed by atoms with Crippen LogP contribution in [0.15, 0.2) is 79.0 Å². The van der Waals surface area contributed by atoms with Gasteiger partial charge in [0.15, 0.2) is 0 Å². The maximum Gasteiger partial charge on any atom is 0.270 e. The maximum atomic E-state index is 13.8. The van der Waals surface area contributed by atoms with Gasteiger partial charge in [-0.3, -0.25) is 19.7 Å². The number of H-pyrrole nitrogens is 1. The number of nitro benzene ring substituents is 1. The van der Waals surface area contributed by atoms with Crippen LogP contribution < -0.4 is 4.90 Å². The fourth-order valence-corrected chi connectivity index (χ4v) is 4.66. The van der Waals surface area contributed by atoms with Crippen LogP contribution in [0.1, 0.15) is 35.3 Å². The van der Waals surface area contributed by atoms with E-state index in [1.54, 1.807) is 4.90 Å². The second-order valence-corrected chi connectivity index (χ2v) is 10.3. The van der Waals surface area contributed by atoms with Gasteiger partial charge in [0.25, 0.3) is 11.6 Å². The minimum Gasteiger partial charge on any atom is -0.378 e. The number of aromatic nitrogens is 1. The molecule has 0 spiro atoms. The molecule has 4 rings (SSSR count). The van der Waals surface area contributed by atoms with Crippen molar-refractivity contribution < 1.29 is 14.5 Å². The predicted molar refractivity (Wildman–Crippen MR) is 157 cm³/mol. The number of nitro groups is 1. The Morgan fingerprint density at radius 1 is 0.975 bits per heavy atom. The Balaban J connectivity index is 1.57. The number of non-ortho nitro benzene ring substituents is 1. The molecule has 0 saturated carbocycles. The Hall–Kier alpha value is -4.66. The van der Waals surface area contributed by atoms with E-state index < -0.39 is 10.8 Å². The molecule has 0 unspecified atom stereocenters. The zero-order chi connectivity index (χ0) is 28.8. The molecule has 1 N–H and O–H groups in total. The van der Waals surface area contributed by atoms with Crippen LogP contribution in [0.5, 0.6) is 0 Å². The Kier molecular flexibility index (Phi) is 8.83. The maximum absolute atomic E-state index is 13.8. The molecule has 0 aliphatic carbocycles. The number of benzene rings is 3. The lowest BCUT2D eigenvalue weighted by Crippen LogP contribution is -2.46. The number of fused-ring (bicyclic) bond motifs is 1. The van der Waals surface area contributed by atoms with Crippen molar-refractivity contribution in [2.24, 2.45) is 0 Å². The van der Waals surface area contributed by atoms with Crippen LogP contribution in [0.2, 0.25) is 0 Å². The predicted octanol–water partition coefficient (Wildman–Crippen LogP) is 5.26. The highest BCUT2D eigenvalue weighted by molar-refractivity contribution is 5.97. The summed E-state index contributed by atoms with van der Waals surface area (Å²) in [5.41, 5.74) is 4.23. The summed E-state index contributed by atoms with van der Waals surface area (Å²) in [6.45, 7) is 4.39. The van der Waals surface area contributed by atoms with Crippen molar-refractivity contribution in [2.45, 2.75) is 32.9 Å². The molecule has 0 aliphatic heterocycles. The van der Waals surface area contributed by atoms with Gasteiger partial charge in [0.2, 0.25) is 5.91 Å². The number of anilines is 1. The van der Waals surface area contributed by atoms with E-state index in [-0.39, 0.29) is 29.7 Å². The molecule has 208 valence electrons. The summed E-state index contributed by atoms with van der Waals surface area (Å²) in [4.78, 5) is 46.4. The molecule has 0 aliphatic rings. The van der Waals surface area contributed by atoms with Gasteiger partial charge in [-0.25, -0.2) is 0 Å². The van der Waals surface area contributed by atoms with Gasteiger partial charge in [-0.05, 0) is 55.7 Å². The number of hydrogen-bond donors (Lipinski definition) is 1. The van der Waals surface area contributed by atoms with Gasteiger partial charge in [-0.2, -0.15) is 0 Å². The molecule has 2 amide bonds. The number of aromatic amines is 1. The quantitative estimate of drug-likeness (QED) is 0.206. The molecule has 9 nitrogen and oxygen atoms in total. The summed E-state index contributed by atoms with van der Waals surface area (Å²) in [5.74, 6) is -0.608. The Bertz CT molecular complexity index is 1490. The minimum atomic E-state index is -0.532. The van der Waals surface area contributed by atoms with Crippen LogP contribution in [-0.4, -0.2) is 64.7 Å². The van der Waals surface area contributed by atoms with E-state index in [2.05, 4.69) is 11.1 Å². The van der Waals surface area contributed by atoms with Crippen molar-refractivity contribution in [1.29, 1.82) is 0 Å². The van der Waals surface area contributed by atoms with Gasteiger partial charge < -0.3 is 19.7 Å². The first-order valence-corrected chi connectivity index (χ1v) is 13.3. The summed E-state index contributed by atoms with van der Waals surface area (Å²) < 4.78 is 0. The molecular formula is C31H35N5O4. The third-order valence-electron chi connectivity index (χ3n) is 7.00. The largest absolute Gasteiger partial charge is 0.378 e. The van der Waals surface area contributed by atoms with Crippen molar-refractivity contribution in [2.75, 3.05) is 32.1 Å². The third kappa shape index (κ3) is 6.66. The van der Waals surface area contributed by atoms with Gasteiger partial charge in [0.1, 0.15) is 6.54 Å². The monoisotopic (exact) mass is 541 g/mol. The van der Waals surface area contributed by atoms with Crippen LogP contribution in [0.25, 0.3) is 10.9 Å². The van der Waals surface area contributed by atoms with Crippen LogP contribution >= 0.6 is 0 Å². The van der Waals surface area contributed by atoms with E-state index in [0.717, 1.165) is 27.7 Å². The van der Waals surface area contributed by atoms with Gasteiger partial charge in [0.05, 0.1) is 4.92 Å². The number of carbonyl (C=O) groups excluding carboxylic acids is 2. The lowest BCUT2D eigenvalue weighted by molar-refractivity contribution is -0.384. The zero-order valence-electron chi connectivity index (χ0n) is 23.3. The summed E-state index contributed by atoms with van der Waals surface area (Å²) in [6.07, 6.45) is 2.62. The fraction of sp³-hybridized carbons (Fsp3) is 0.290. The molecule has 3 aromatic carbocycles. The zero-order valence-corrected chi connectivity index (χ0v) is 23.3.